The Labute approximate surface area is 95.4 Å². The molecule has 1 fully saturated rings. The molecule has 1 rings (SSSR count). The first kappa shape index (κ1) is 13.2. The van der Waals surface area contributed by atoms with E-state index in [1.54, 1.807) is 0 Å². The van der Waals surface area contributed by atoms with E-state index in [1.807, 2.05) is 0 Å². The van der Waals surface area contributed by atoms with Gasteiger partial charge in [-0.3, -0.25) is 0 Å². The molecule has 2 N–H and O–H groups in total. The molecular formula is C11H20ClF2N. The highest BCUT2D eigenvalue weighted by Crippen LogP contribution is 2.44. The van der Waals surface area contributed by atoms with E-state index in [0.717, 1.165) is 19.3 Å². The average Bonchev–Trinajstić information content (AvgIpc) is 2.05. The first-order valence-electron chi connectivity index (χ1n) is 5.53. The molecule has 0 aromatic heterocycles. The van der Waals surface area contributed by atoms with Crippen molar-refractivity contribution in [2.24, 2.45) is 17.1 Å². The molecule has 0 spiro atoms. The largest absolute Gasteiger partial charge is 0.328 e. The second-order valence-corrected chi connectivity index (χ2v) is 5.93. The lowest BCUT2D eigenvalue weighted by Gasteiger charge is -2.41. The minimum atomic E-state index is -3.06. The second kappa shape index (κ2) is 4.54. The molecule has 1 nitrogen and oxygen atoms in total. The van der Waals surface area contributed by atoms with E-state index in [2.05, 4.69) is 13.8 Å². The summed E-state index contributed by atoms with van der Waals surface area (Å²) in [6.45, 7) is 4.27. The number of rotatable bonds is 3. The van der Waals surface area contributed by atoms with Gasteiger partial charge in [-0.25, -0.2) is 0 Å². The summed E-state index contributed by atoms with van der Waals surface area (Å²) in [6, 6.07) is 0.173. The molecule has 2 unspecified atom stereocenters. The van der Waals surface area contributed by atoms with E-state index in [0.29, 0.717) is 6.42 Å². The Balaban J connectivity index is 2.50. The Morgan fingerprint density at radius 3 is 2.60 bits per heavy atom. The highest BCUT2D eigenvalue weighted by Gasteiger charge is 2.37. The zero-order chi connectivity index (χ0) is 11.7. The molecule has 1 aliphatic carbocycles. The molecule has 2 atom stereocenters. The quantitative estimate of drug-likeness (QED) is 0.746. The van der Waals surface area contributed by atoms with Crippen LogP contribution in [0.2, 0.25) is 0 Å². The molecule has 0 amide bonds. The predicted molar refractivity (Wildman–Crippen MR) is 59.1 cm³/mol. The Bertz CT molecular complexity index is 213. The molecule has 0 aromatic rings. The highest BCUT2D eigenvalue weighted by molar-refractivity contribution is 6.21. The van der Waals surface area contributed by atoms with Crippen molar-refractivity contribution in [2.75, 3.05) is 0 Å². The zero-order valence-corrected chi connectivity index (χ0v) is 10.2. The molecule has 0 saturated heterocycles. The summed E-state index contributed by atoms with van der Waals surface area (Å²) in [5.41, 5.74) is 5.99. The molecule has 90 valence electrons. The third-order valence-corrected chi connectivity index (χ3v) is 3.82. The van der Waals surface area contributed by atoms with Gasteiger partial charge in [-0.2, -0.15) is 8.78 Å². The molecule has 0 aliphatic heterocycles. The summed E-state index contributed by atoms with van der Waals surface area (Å²) in [4.78, 5) is 0. The van der Waals surface area contributed by atoms with E-state index in [9.17, 15) is 8.78 Å². The summed E-state index contributed by atoms with van der Waals surface area (Å²) < 4.78 is 25.1. The molecule has 1 saturated carbocycles. The average molecular weight is 240 g/mol. The number of nitrogens with two attached hydrogens (primary N) is 1. The Kier molecular flexibility index (Phi) is 3.99. The molecule has 1 aliphatic rings. The number of hydrogen-bond donors (Lipinski definition) is 1. The minimum absolute atomic E-state index is 0.123. The van der Waals surface area contributed by atoms with Crippen LogP contribution >= 0.6 is 11.6 Å². The van der Waals surface area contributed by atoms with Gasteiger partial charge < -0.3 is 5.73 Å². The normalized spacial score (nSPS) is 31.6. The van der Waals surface area contributed by atoms with E-state index in [4.69, 9.17) is 17.3 Å². The summed E-state index contributed by atoms with van der Waals surface area (Å²) in [5, 5.41) is -3.06. The fourth-order valence-corrected chi connectivity index (χ4v) is 2.52. The van der Waals surface area contributed by atoms with Gasteiger partial charge >= 0.3 is 5.38 Å². The predicted octanol–water partition coefficient (Wildman–Crippen LogP) is 3.75. The number of alkyl halides is 3. The molecule has 4 heteroatoms. The van der Waals surface area contributed by atoms with Crippen LogP contribution in [0, 0.1) is 11.3 Å². The molecule has 0 radical (unpaired) electrons. The van der Waals surface area contributed by atoms with Crippen LogP contribution in [0.25, 0.3) is 0 Å². The van der Waals surface area contributed by atoms with Crippen LogP contribution < -0.4 is 5.73 Å². The second-order valence-electron chi connectivity index (χ2n) is 5.37. The van der Waals surface area contributed by atoms with E-state index in [-0.39, 0.29) is 23.8 Å². The first-order chi connectivity index (χ1) is 6.71. The lowest BCUT2D eigenvalue weighted by Crippen LogP contribution is -2.38. The van der Waals surface area contributed by atoms with Crippen LogP contribution in [-0.2, 0) is 0 Å². The van der Waals surface area contributed by atoms with E-state index in [1.165, 1.54) is 0 Å². The maximum atomic E-state index is 12.6. The van der Waals surface area contributed by atoms with Crippen molar-refractivity contribution in [3.63, 3.8) is 0 Å². The third kappa shape index (κ3) is 4.23. The Morgan fingerprint density at radius 2 is 2.07 bits per heavy atom. The fourth-order valence-electron chi connectivity index (χ4n) is 2.41. The maximum absolute atomic E-state index is 12.6. The molecule has 0 aromatic carbocycles. The van der Waals surface area contributed by atoms with Gasteiger partial charge in [-0.15, -0.1) is 0 Å². The number of halogens is 3. The van der Waals surface area contributed by atoms with Crippen LogP contribution in [0.5, 0.6) is 0 Å². The standard InChI is InChI=1S/C11H20ClF2N/c1-10(2)5-4-9(15)7-8(10)3-6-11(12,13)14/h8-9H,3-7,15H2,1-2H3. The van der Waals surface area contributed by atoms with Gasteiger partial charge in [0.2, 0.25) is 0 Å². The van der Waals surface area contributed by atoms with Crippen molar-refractivity contribution < 1.29 is 8.78 Å². The summed E-state index contributed by atoms with van der Waals surface area (Å²) in [5.74, 6) is 0.269. The van der Waals surface area contributed by atoms with Crippen LogP contribution in [0.3, 0.4) is 0 Å². The number of hydrogen-bond acceptors (Lipinski definition) is 1. The van der Waals surface area contributed by atoms with Gasteiger partial charge in [-0.1, -0.05) is 13.8 Å². The zero-order valence-electron chi connectivity index (χ0n) is 9.40. The molecule has 0 heterocycles. The van der Waals surface area contributed by atoms with Crippen LogP contribution in [0.15, 0.2) is 0 Å². The summed E-state index contributed by atoms with van der Waals surface area (Å²) in [6.07, 6.45) is 3.10. The van der Waals surface area contributed by atoms with Crippen molar-refractivity contribution in [2.45, 2.75) is 57.4 Å². The van der Waals surface area contributed by atoms with Crippen molar-refractivity contribution in [3.8, 4) is 0 Å². The fraction of sp³-hybridized carbons (Fsp3) is 1.00. The molecule has 0 bridgehead atoms. The first-order valence-corrected chi connectivity index (χ1v) is 5.91. The topological polar surface area (TPSA) is 26.0 Å². The van der Waals surface area contributed by atoms with Crippen LogP contribution in [-0.4, -0.2) is 11.4 Å². The van der Waals surface area contributed by atoms with Crippen molar-refractivity contribution >= 4 is 11.6 Å². The Morgan fingerprint density at radius 1 is 1.47 bits per heavy atom. The van der Waals surface area contributed by atoms with Crippen molar-refractivity contribution in [1.29, 1.82) is 0 Å². The van der Waals surface area contributed by atoms with Gasteiger partial charge in [-0.05, 0) is 48.6 Å². The van der Waals surface area contributed by atoms with Gasteiger partial charge in [0, 0.05) is 12.5 Å². The monoisotopic (exact) mass is 239 g/mol. The van der Waals surface area contributed by atoms with Gasteiger partial charge in [0.15, 0.2) is 0 Å². The van der Waals surface area contributed by atoms with Crippen LogP contribution in [0.4, 0.5) is 8.78 Å². The lowest BCUT2D eigenvalue weighted by molar-refractivity contribution is 0.0499. The third-order valence-electron chi connectivity index (χ3n) is 3.63. The smallest absolute Gasteiger partial charge is 0.321 e. The van der Waals surface area contributed by atoms with Gasteiger partial charge in [0.1, 0.15) is 0 Å². The SMILES string of the molecule is CC1(C)CCC(N)CC1CCC(F)(F)Cl. The van der Waals surface area contributed by atoms with Gasteiger partial charge in [0.25, 0.3) is 0 Å². The van der Waals surface area contributed by atoms with Crippen LogP contribution in [0.1, 0.15) is 46.0 Å². The molecular weight excluding hydrogens is 220 g/mol. The maximum Gasteiger partial charge on any atom is 0.321 e. The Hall–Kier alpha value is 0.110. The summed E-state index contributed by atoms with van der Waals surface area (Å²) in [7, 11) is 0. The van der Waals surface area contributed by atoms with Crippen molar-refractivity contribution in [3.05, 3.63) is 0 Å². The van der Waals surface area contributed by atoms with Crippen molar-refractivity contribution in [1.82, 2.24) is 0 Å². The highest BCUT2D eigenvalue weighted by atomic mass is 35.5. The van der Waals surface area contributed by atoms with Gasteiger partial charge in [0.05, 0.1) is 0 Å². The van der Waals surface area contributed by atoms with E-state index < -0.39 is 5.38 Å². The lowest BCUT2D eigenvalue weighted by atomic mass is 9.66. The molecule has 15 heavy (non-hydrogen) atoms. The minimum Gasteiger partial charge on any atom is -0.328 e. The van der Waals surface area contributed by atoms with E-state index >= 15 is 0 Å². The summed E-state index contributed by atoms with van der Waals surface area (Å²) >= 11 is 4.92.